The van der Waals surface area contributed by atoms with Gasteiger partial charge in [0.15, 0.2) is 13.6 Å². The maximum absolute atomic E-state index is 11.6. The van der Waals surface area contributed by atoms with E-state index in [-0.39, 0.29) is 30.2 Å². The molecule has 3 aromatic carbocycles. The van der Waals surface area contributed by atoms with E-state index >= 15 is 0 Å². The molecule has 0 aliphatic heterocycles. The van der Waals surface area contributed by atoms with Crippen LogP contribution in [0.25, 0.3) is 0 Å². The molecule has 0 saturated heterocycles. The molecule has 0 bridgehead atoms. The zero-order valence-corrected chi connectivity index (χ0v) is 22.0. The van der Waals surface area contributed by atoms with Crippen LogP contribution in [0.1, 0.15) is 6.92 Å². The average Bonchev–Trinajstić information content (AvgIpc) is 2.94. The molecule has 0 spiro atoms. The van der Waals surface area contributed by atoms with Crippen molar-refractivity contribution in [2.24, 2.45) is 0 Å². The number of anilines is 6. The topological polar surface area (TPSA) is 169 Å². The second-order valence-electron chi connectivity index (χ2n) is 8.29. The summed E-state index contributed by atoms with van der Waals surface area (Å²) in [5.41, 5.74) is 2.08. The third-order valence-electron chi connectivity index (χ3n) is 5.13. The van der Waals surface area contributed by atoms with E-state index in [9.17, 15) is 4.79 Å². The van der Waals surface area contributed by atoms with E-state index in [1.165, 1.54) is 0 Å². The number of esters is 1. The summed E-state index contributed by atoms with van der Waals surface area (Å²) in [5.74, 6) is 1.40. The number of hydrogen-bond acceptors (Lipinski definition) is 13. The molecule has 1 aromatic heterocycles. The molecule has 41 heavy (non-hydrogen) atoms. The molecule has 0 aliphatic rings. The van der Waals surface area contributed by atoms with Crippen molar-refractivity contribution in [1.29, 1.82) is 0 Å². The number of nitrogens with zero attached hydrogens (tertiary/aromatic N) is 3. The smallest absolute Gasteiger partial charge is 0.335 e. The molecule has 5 N–H and O–H groups in total. The predicted molar refractivity (Wildman–Crippen MR) is 151 cm³/mol. The fourth-order valence-corrected chi connectivity index (χ4v) is 3.35. The first-order valence-electron chi connectivity index (χ1n) is 12.2. The highest BCUT2D eigenvalue weighted by Gasteiger charge is 2.11. The van der Waals surface area contributed by atoms with Gasteiger partial charge in [0, 0.05) is 40.8 Å². The van der Waals surface area contributed by atoms with Gasteiger partial charge in [-0.05, 0) is 43.3 Å². The van der Waals surface area contributed by atoms with E-state index in [1.807, 2.05) is 0 Å². The summed E-state index contributed by atoms with van der Waals surface area (Å²) < 4.78 is 20.8. The highest BCUT2D eigenvalue weighted by Crippen LogP contribution is 2.25. The molecule has 0 radical (unpaired) electrons. The fraction of sp³-hybridized carbons (Fsp3) is 0.143. The van der Waals surface area contributed by atoms with Gasteiger partial charge in [-0.15, -0.1) is 0 Å². The van der Waals surface area contributed by atoms with E-state index in [0.29, 0.717) is 34.3 Å². The van der Waals surface area contributed by atoms with Crippen LogP contribution in [-0.4, -0.2) is 51.5 Å². The standard InChI is InChI=1S/C28H28N6O7/c1-18(2)25(37)41-17-40-24-11-5-8-21(14-24)31-28-33-26(29-19-6-3-9-22(12-19)38-15-35)32-27(34-28)30-20-7-4-10-23(13-20)39-16-36/h3-14,35-36H,1,15-17H2,2H3,(H3,29,30,31,32,33,34). The molecule has 13 nitrogen and oxygen atoms in total. The summed E-state index contributed by atoms with van der Waals surface area (Å²) in [4.78, 5) is 25.0. The van der Waals surface area contributed by atoms with Crippen molar-refractivity contribution in [2.75, 3.05) is 36.3 Å². The number of nitrogens with one attached hydrogen (secondary N) is 3. The number of carbonyl (C=O) groups excluding carboxylic acids is 1. The van der Waals surface area contributed by atoms with Gasteiger partial charge in [0.2, 0.25) is 24.6 Å². The summed E-state index contributed by atoms with van der Waals surface area (Å²) in [7, 11) is 0. The Morgan fingerprint density at radius 1 is 0.707 bits per heavy atom. The van der Waals surface area contributed by atoms with Crippen LogP contribution in [0, 0.1) is 0 Å². The average molecular weight is 561 g/mol. The van der Waals surface area contributed by atoms with Crippen molar-refractivity contribution in [2.45, 2.75) is 6.92 Å². The zero-order valence-electron chi connectivity index (χ0n) is 22.0. The van der Waals surface area contributed by atoms with E-state index in [0.717, 1.165) is 0 Å². The first kappa shape index (κ1) is 28.6. The van der Waals surface area contributed by atoms with Gasteiger partial charge in [-0.3, -0.25) is 0 Å². The lowest BCUT2D eigenvalue weighted by atomic mass is 10.3. The highest BCUT2D eigenvalue weighted by molar-refractivity contribution is 5.86. The number of aliphatic hydroxyl groups is 2. The van der Waals surface area contributed by atoms with Crippen LogP contribution < -0.4 is 30.2 Å². The van der Waals surface area contributed by atoms with Crippen LogP contribution in [0.3, 0.4) is 0 Å². The second kappa shape index (κ2) is 14.1. The van der Waals surface area contributed by atoms with Crippen molar-refractivity contribution < 1.29 is 34.0 Å². The van der Waals surface area contributed by atoms with Crippen LogP contribution in [0.2, 0.25) is 0 Å². The Hall–Kier alpha value is -5.40. The maximum atomic E-state index is 11.6. The van der Waals surface area contributed by atoms with E-state index in [1.54, 1.807) is 79.7 Å². The van der Waals surface area contributed by atoms with Gasteiger partial charge in [0.25, 0.3) is 0 Å². The summed E-state index contributed by atoms with van der Waals surface area (Å²) >= 11 is 0. The molecule has 13 heteroatoms. The predicted octanol–water partition coefficient (Wildman–Crippen LogP) is 4.22. The van der Waals surface area contributed by atoms with Gasteiger partial charge in [-0.25, -0.2) is 4.79 Å². The molecule has 0 atom stereocenters. The molecule has 0 amide bonds. The number of benzene rings is 3. The SMILES string of the molecule is C=C(C)C(=O)OCOc1cccc(Nc2nc(Nc3cccc(OCO)c3)nc(Nc3cccc(OCO)c3)n2)c1. The third kappa shape index (κ3) is 8.81. The lowest BCUT2D eigenvalue weighted by Crippen LogP contribution is -2.10. The maximum Gasteiger partial charge on any atom is 0.335 e. The third-order valence-corrected chi connectivity index (χ3v) is 5.13. The number of rotatable bonds is 14. The highest BCUT2D eigenvalue weighted by atomic mass is 16.7. The van der Waals surface area contributed by atoms with Crippen molar-refractivity contribution in [3.8, 4) is 17.2 Å². The van der Waals surface area contributed by atoms with E-state index < -0.39 is 19.6 Å². The minimum Gasteiger partial charge on any atom is -0.468 e. The lowest BCUT2D eigenvalue weighted by Gasteiger charge is -2.13. The van der Waals surface area contributed by atoms with Gasteiger partial charge in [-0.2, -0.15) is 15.0 Å². The van der Waals surface area contributed by atoms with Crippen LogP contribution >= 0.6 is 0 Å². The van der Waals surface area contributed by atoms with Crippen molar-refractivity contribution in [3.05, 3.63) is 84.9 Å². The molecule has 0 fully saturated rings. The first-order valence-corrected chi connectivity index (χ1v) is 12.2. The fourth-order valence-electron chi connectivity index (χ4n) is 3.35. The molecule has 212 valence electrons. The molecule has 4 rings (SSSR count). The molecule has 0 saturated carbocycles. The largest absolute Gasteiger partial charge is 0.468 e. The molecule has 1 heterocycles. The van der Waals surface area contributed by atoms with Gasteiger partial charge in [-0.1, -0.05) is 24.8 Å². The normalized spacial score (nSPS) is 10.3. The second-order valence-corrected chi connectivity index (χ2v) is 8.29. The van der Waals surface area contributed by atoms with Gasteiger partial charge in [0.05, 0.1) is 0 Å². The zero-order chi connectivity index (χ0) is 29.0. The number of hydrogen-bond donors (Lipinski definition) is 5. The van der Waals surface area contributed by atoms with Gasteiger partial charge >= 0.3 is 5.97 Å². The Kier molecular flexibility index (Phi) is 9.85. The minimum atomic E-state index is -0.550. The van der Waals surface area contributed by atoms with Crippen molar-refractivity contribution >= 4 is 40.9 Å². The molecule has 0 unspecified atom stereocenters. The van der Waals surface area contributed by atoms with Crippen LogP contribution in [0.4, 0.5) is 34.9 Å². The quantitative estimate of drug-likeness (QED) is 0.0845. The van der Waals surface area contributed by atoms with E-state index in [2.05, 4.69) is 37.5 Å². The summed E-state index contributed by atoms with van der Waals surface area (Å²) in [6.45, 7) is 3.88. The number of carbonyl (C=O) groups is 1. The summed E-state index contributed by atoms with van der Waals surface area (Å²) in [5, 5.41) is 27.5. The van der Waals surface area contributed by atoms with Crippen LogP contribution in [0.15, 0.2) is 84.9 Å². The number of ether oxygens (including phenoxy) is 4. The van der Waals surface area contributed by atoms with Gasteiger partial charge in [0.1, 0.15) is 17.2 Å². The number of aromatic nitrogens is 3. The Morgan fingerprint density at radius 2 is 1.10 bits per heavy atom. The van der Waals surface area contributed by atoms with Crippen molar-refractivity contribution in [3.63, 3.8) is 0 Å². The lowest BCUT2D eigenvalue weighted by molar-refractivity contribution is -0.145. The molecule has 0 aliphatic carbocycles. The number of aliphatic hydroxyl groups excluding tert-OH is 2. The van der Waals surface area contributed by atoms with Crippen molar-refractivity contribution in [1.82, 2.24) is 15.0 Å². The Balaban J connectivity index is 1.57. The summed E-state index contributed by atoms with van der Waals surface area (Å²) in [6.07, 6.45) is 0. The Bertz CT molecular complexity index is 1430. The Labute approximate surface area is 235 Å². The first-order chi connectivity index (χ1) is 19.9. The van der Waals surface area contributed by atoms with Gasteiger partial charge < -0.3 is 45.1 Å². The summed E-state index contributed by atoms with van der Waals surface area (Å²) in [6, 6.07) is 20.7. The molecular weight excluding hydrogens is 532 g/mol. The Morgan fingerprint density at radius 3 is 1.46 bits per heavy atom. The van der Waals surface area contributed by atoms with Crippen LogP contribution in [-0.2, 0) is 9.53 Å². The van der Waals surface area contributed by atoms with Crippen LogP contribution in [0.5, 0.6) is 17.2 Å². The van der Waals surface area contributed by atoms with E-state index in [4.69, 9.17) is 29.2 Å². The molecular formula is C28H28N6O7. The monoisotopic (exact) mass is 560 g/mol. The minimum absolute atomic E-state index is 0.196. The molecule has 4 aromatic rings.